The van der Waals surface area contributed by atoms with E-state index in [0.29, 0.717) is 10.8 Å². The van der Waals surface area contributed by atoms with Crippen molar-refractivity contribution in [2.45, 2.75) is 114 Å². The summed E-state index contributed by atoms with van der Waals surface area (Å²) in [6, 6.07) is 0. The molecule has 0 bridgehead atoms. The van der Waals surface area contributed by atoms with Gasteiger partial charge in [-0.25, -0.2) is 0 Å². The molecule has 0 fully saturated rings. The molecule has 0 amide bonds. The van der Waals surface area contributed by atoms with Crippen LogP contribution < -0.4 is 0 Å². The quantitative estimate of drug-likeness (QED) is 0.445. The van der Waals surface area contributed by atoms with E-state index in [0.717, 1.165) is 11.8 Å². The highest BCUT2D eigenvalue weighted by molar-refractivity contribution is 4.68. The molecule has 0 saturated carbocycles. The van der Waals surface area contributed by atoms with Crippen LogP contribution in [0, 0.1) is 22.7 Å². The lowest BCUT2D eigenvalue weighted by atomic mass is 9.81. The molecule has 130 valence electrons. The SMILES string of the molecule is CCC(C)CC(C)(C)C.CCCCC(CC)CC(C)(C)C. The molecule has 0 heteroatoms. The molecular formula is C21H46. The maximum atomic E-state index is 2.35. The zero-order valence-corrected chi connectivity index (χ0v) is 17.1. The molecule has 0 aliphatic heterocycles. The predicted molar refractivity (Wildman–Crippen MR) is 101 cm³/mol. The number of hydrogen-bond donors (Lipinski definition) is 0. The van der Waals surface area contributed by atoms with E-state index in [-0.39, 0.29) is 0 Å². The van der Waals surface area contributed by atoms with Gasteiger partial charge < -0.3 is 0 Å². The summed E-state index contributed by atoms with van der Waals surface area (Å²) in [7, 11) is 0. The Balaban J connectivity index is 0. The first-order valence-corrected chi connectivity index (χ1v) is 9.45. The summed E-state index contributed by atoms with van der Waals surface area (Å²) in [6.45, 7) is 23.2. The first-order chi connectivity index (χ1) is 9.45. The number of rotatable bonds is 7. The molecule has 0 rings (SSSR count). The Morgan fingerprint density at radius 1 is 0.714 bits per heavy atom. The van der Waals surface area contributed by atoms with Crippen LogP contribution in [0.3, 0.4) is 0 Å². The predicted octanol–water partition coefficient (Wildman–Crippen LogP) is 8.11. The molecule has 0 spiro atoms. The molecule has 0 N–H and O–H groups in total. The second kappa shape index (κ2) is 11.6. The van der Waals surface area contributed by atoms with Gasteiger partial charge in [0.05, 0.1) is 0 Å². The third-order valence-corrected chi connectivity index (χ3v) is 4.10. The van der Waals surface area contributed by atoms with E-state index >= 15 is 0 Å². The third kappa shape index (κ3) is 20.0. The molecule has 0 heterocycles. The van der Waals surface area contributed by atoms with Gasteiger partial charge in [-0.15, -0.1) is 0 Å². The van der Waals surface area contributed by atoms with Crippen molar-refractivity contribution in [3.63, 3.8) is 0 Å². The van der Waals surface area contributed by atoms with E-state index in [1.165, 1.54) is 44.9 Å². The summed E-state index contributed by atoms with van der Waals surface area (Å²) in [5.74, 6) is 1.86. The van der Waals surface area contributed by atoms with E-state index in [1.807, 2.05) is 0 Å². The highest BCUT2D eigenvalue weighted by atomic mass is 14.2. The molecule has 0 aliphatic rings. The molecule has 2 atom stereocenters. The fourth-order valence-electron chi connectivity index (χ4n) is 3.00. The lowest BCUT2D eigenvalue weighted by molar-refractivity contribution is 0.272. The van der Waals surface area contributed by atoms with Crippen LogP contribution in [0.2, 0.25) is 0 Å². The van der Waals surface area contributed by atoms with Crippen LogP contribution in [0.5, 0.6) is 0 Å². The lowest BCUT2D eigenvalue weighted by Crippen LogP contribution is -2.12. The van der Waals surface area contributed by atoms with E-state index in [9.17, 15) is 0 Å². The monoisotopic (exact) mass is 298 g/mol. The topological polar surface area (TPSA) is 0 Å². The number of unbranched alkanes of at least 4 members (excludes halogenated alkanes) is 1. The fourth-order valence-corrected chi connectivity index (χ4v) is 3.00. The molecule has 0 aromatic carbocycles. The molecule has 0 aliphatic carbocycles. The van der Waals surface area contributed by atoms with Crippen molar-refractivity contribution in [3.05, 3.63) is 0 Å². The normalized spacial score (nSPS) is 15.1. The Hall–Kier alpha value is 0. The second-order valence-electron chi connectivity index (χ2n) is 9.46. The number of hydrogen-bond acceptors (Lipinski definition) is 0. The van der Waals surface area contributed by atoms with Crippen molar-refractivity contribution in [2.75, 3.05) is 0 Å². The zero-order chi connectivity index (χ0) is 17.1. The van der Waals surface area contributed by atoms with E-state index < -0.39 is 0 Å². The third-order valence-electron chi connectivity index (χ3n) is 4.10. The van der Waals surface area contributed by atoms with Gasteiger partial charge in [-0.3, -0.25) is 0 Å². The van der Waals surface area contributed by atoms with Crippen LogP contribution in [-0.4, -0.2) is 0 Å². The highest BCUT2D eigenvalue weighted by Gasteiger charge is 2.16. The minimum Gasteiger partial charge on any atom is -0.0654 e. The second-order valence-corrected chi connectivity index (χ2v) is 9.46. The van der Waals surface area contributed by atoms with Gasteiger partial charge in [0, 0.05) is 0 Å². The van der Waals surface area contributed by atoms with E-state index in [4.69, 9.17) is 0 Å². The molecule has 2 unspecified atom stereocenters. The summed E-state index contributed by atoms with van der Waals surface area (Å²) in [6.07, 6.45) is 9.61. The molecule has 0 aromatic heterocycles. The van der Waals surface area contributed by atoms with Gasteiger partial charge in [0.1, 0.15) is 0 Å². The summed E-state index contributed by atoms with van der Waals surface area (Å²) >= 11 is 0. The van der Waals surface area contributed by atoms with E-state index in [2.05, 4.69) is 69.2 Å². The molecule has 0 nitrogen and oxygen atoms in total. The van der Waals surface area contributed by atoms with Crippen LogP contribution in [0.1, 0.15) is 114 Å². The first-order valence-electron chi connectivity index (χ1n) is 9.45. The van der Waals surface area contributed by atoms with Gasteiger partial charge in [-0.2, -0.15) is 0 Å². The Labute approximate surface area is 137 Å². The zero-order valence-electron chi connectivity index (χ0n) is 17.1. The Morgan fingerprint density at radius 2 is 1.19 bits per heavy atom. The van der Waals surface area contributed by atoms with E-state index in [1.54, 1.807) is 0 Å². The standard InChI is InChI=1S/C12H26.C9H20/c1-6-8-9-11(7-2)10-12(3,4)5;1-6-8(2)7-9(3,4)5/h11H,6-10H2,1-5H3;8H,6-7H2,1-5H3. The maximum absolute atomic E-state index is 2.35. The average Bonchev–Trinajstić information content (AvgIpc) is 2.31. The summed E-state index contributed by atoms with van der Waals surface area (Å²) in [4.78, 5) is 0. The van der Waals surface area contributed by atoms with Crippen molar-refractivity contribution in [1.29, 1.82) is 0 Å². The van der Waals surface area contributed by atoms with Crippen LogP contribution >= 0.6 is 0 Å². The minimum absolute atomic E-state index is 0.522. The minimum atomic E-state index is 0.522. The molecule has 0 radical (unpaired) electrons. The Kier molecular flexibility index (Phi) is 12.8. The van der Waals surface area contributed by atoms with Crippen molar-refractivity contribution in [3.8, 4) is 0 Å². The lowest BCUT2D eigenvalue weighted by Gasteiger charge is -2.25. The summed E-state index contributed by atoms with van der Waals surface area (Å²) in [5, 5.41) is 0. The van der Waals surface area contributed by atoms with Gasteiger partial charge in [-0.05, 0) is 35.5 Å². The smallest absolute Gasteiger partial charge is 0.0380 e. The van der Waals surface area contributed by atoms with Crippen molar-refractivity contribution < 1.29 is 0 Å². The average molecular weight is 299 g/mol. The van der Waals surface area contributed by atoms with Gasteiger partial charge in [-0.1, -0.05) is 101 Å². The van der Waals surface area contributed by atoms with Crippen LogP contribution in [-0.2, 0) is 0 Å². The highest BCUT2D eigenvalue weighted by Crippen LogP contribution is 2.29. The summed E-state index contributed by atoms with van der Waals surface area (Å²) in [5.41, 5.74) is 1.05. The molecule has 21 heavy (non-hydrogen) atoms. The van der Waals surface area contributed by atoms with Crippen molar-refractivity contribution in [2.24, 2.45) is 22.7 Å². The molecule has 0 aromatic rings. The maximum Gasteiger partial charge on any atom is -0.0380 e. The van der Waals surface area contributed by atoms with Crippen LogP contribution in [0.4, 0.5) is 0 Å². The Morgan fingerprint density at radius 3 is 1.43 bits per heavy atom. The molecule has 0 saturated heterocycles. The van der Waals surface area contributed by atoms with Gasteiger partial charge in [0.2, 0.25) is 0 Å². The van der Waals surface area contributed by atoms with Gasteiger partial charge in [0.25, 0.3) is 0 Å². The molecular weight excluding hydrogens is 252 g/mol. The van der Waals surface area contributed by atoms with Gasteiger partial charge >= 0.3 is 0 Å². The largest absolute Gasteiger partial charge is 0.0654 e. The first kappa shape index (κ1) is 23.3. The van der Waals surface area contributed by atoms with Crippen molar-refractivity contribution in [1.82, 2.24) is 0 Å². The fraction of sp³-hybridized carbons (Fsp3) is 1.00. The van der Waals surface area contributed by atoms with Gasteiger partial charge in [0.15, 0.2) is 0 Å². The van der Waals surface area contributed by atoms with Crippen LogP contribution in [0.15, 0.2) is 0 Å². The Bertz CT molecular complexity index is 213. The van der Waals surface area contributed by atoms with Crippen LogP contribution in [0.25, 0.3) is 0 Å². The van der Waals surface area contributed by atoms with Crippen molar-refractivity contribution >= 4 is 0 Å². The summed E-state index contributed by atoms with van der Waals surface area (Å²) < 4.78 is 0.